The third-order valence-corrected chi connectivity index (χ3v) is 18.8. The van der Waals surface area contributed by atoms with E-state index in [1.807, 2.05) is 206 Å². The molecule has 0 amide bonds. The number of rotatable bonds is 6. The van der Waals surface area contributed by atoms with E-state index in [-0.39, 0.29) is 101 Å². The first-order valence-electron chi connectivity index (χ1n) is 32.6. The molecule has 15 aromatic rings. The minimum absolute atomic E-state index is 0. The minimum Gasteiger partial charge on any atom is -0.516 e. The van der Waals surface area contributed by atoms with Gasteiger partial charge in [-0.15, -0.1) is 81.7 Å². The van der Waals surface area contributed by atoms with E-state index >= 15 is 0 Å². The summed E-state index contributed by atoms with van der Waals surface area (Å²) in [5, 5.41) is 18.3. The number of thiophene rings is 1. The molecule has 9 heterocycles. The Labute approximate surface area is 682 Å². The van der Waals surface area contributed by atoms with Gasteiger partial charge in [0, 0.05) is 156 Å². The van der Waals surface area contributed by atoms with Gasteiger partial charge in [-0.1, -0.05) is 130 Å². The van der Waals surface area contributed by atoms with Gasteiger partial charge in [0.25, 0.3) is 0 Å². The van der Waals surface area contributed by atoms with Gasteiger partial charge in [-0.25, -0.2) is 16.6 Å². The number of hydrogen-bond donors (Lipinski definition) is 0. The van der Waals surface area contributed by atoms with Crippen LogP contribution in [0.4, 0.5) is 39.8 Å². The first kappa shape index (κ1) is 76.9. The molecule has 5 radical (unpaired) electrons. The Hall–Kier alpha value is -9.26. The number of nitrogens with zero attached hydrogens (tertiary/aromatic N) is 12. The van der Waals surface area contributed by atoms with Gasteiger partial charge in [-0.05, 0) is 144 Å². The van der Waals surface area contributed by atoms with Gasteiger partial charge in [0.15, 0.2) is 0 Å². The molecule has 5 aliphatic rings. The smallest absolute Gasteiger partial charge is 0.116 e. The normalized spacial score (nSPS) is 13.8. The second kappa shape index (κ2) is 33.9. The summed E-state index contributed by atoms with van der Waals surface area (Å²) >= 11 is 1.83. The Balaban J connectivity index is 0.000000131. The number of furan rings is 2. The van der Waals surface area contributed by atoms with Gasteiger partial charge in [0.2, 0.25) is 0 Å². The van der Waals surface area contributed by atoms with Crippen molar-refractivity contribution in [2.75, 3.05) is 64.6 Å². The maximum Gasteiger partial charge on any atom is 0.116 e. The van der Waals surface area contributed by atoms with E-state index in [1.165, 1.54) is 59.0 Å². The van der Waals surface area contributed by atoms with E-state index in [9.17, 15) is 0 Å². The van der Waals surface area contributed by atoms with Crippen molar-refractivity contribution in [3.05, 3.63) is 337 Å². The number of hydrogen-bond acceptors (Lipinski definition) is 14. The van der Waals surface area contributed by atoms with Crippen LogP contribution in [0.25, 0.3) is 91.5 Å². The fourth-order valence-corrected chi connectivity index (χ4v) is 13.9. The van der Waals surface area contributed by atoms with E-state index < -0.39 is 0 Å². The molecule has 0 bridgehead atoms. The predicted octanol–water partition coefficient (Wildman–Crippen LogP) is 19.6. The molecule has 0 spiro atoms. The van der Waals surface area contributed by atoms with Crippen LogP contribution in [0.15, 0.2) is 277 Å². The molecule has 537 valence electrons. The van der Waals surface area contributed by atoms with E-state index in [2.05, 4.69) is 220 Å². The summed E-state index contributed by atoms with van der Waals surface area (Å²) in [5.41, 5.74) is 15.2. The molecule has 20 rings (SSSR count). The van der Waals surface area contributed by atoms with Crippen LogP contribution in [0, 0.1) is 75.0 Å². The number of aromatic nitrogens is 1. The Morgan fingerprint density at radius 2 is 0.790 bits per heavy atom. The summed E-state index contributed by atoms with van der Waals surface area (Å²) in [6.07, 6.45) is 16.1. The molecular weight excluding hydrogens is 2210 g/mol. The largest absolute Gasteiger partial charge is 0.516 e. The second-order valence-corrected chi connectivity index (χ2v) is 25.6. The molecule has 0 saturated heterocycles. The molecule has 20 heteroatoms. The van der Waals surface area contributed by atoms with Crippen LogP contribution in [-0.4, -0.2) is 59.4 Å². The topological polar surface area (TPSA) is 87.4 Å². The van der Waals surface area contributed by atoms with Crippen molar-refractivity contribution in [2.45, 2.75) is 0 Å². The van der Waals surface area contributed by atoms with Crippen LogP contribution in [0.2, 0.25) is 0 Å². The fraction of sp³-hybridized carbons (Fsp3) is 0.0588. The van der Waals surface area contributed by atoms with Crippen molar-refractivity contribution in [3.8, 4) is 11.8 Å². The summed E-state index contributed by atoms with van der Waals surface area (Å²) < 4.78 is 16.6. The standard InChI is InChI=1S/C22H17N3.C20H14N2O.C16H12N2O.C16H12N2S.C11H9N3.5Ir/c1-23-13-14-24(16-23)18-11-12-22-20(15-18)19-9-5-6-10-21(19)25(22)17-7-3-2-4-8-17;1-21-13-22(18-8-4-3-7-17(18)21)14-10-11-20-16(12-14)15-6-2-5-9-19(15)23-20;2*1-17-8-9-18(11-17)12-6-7-16-14(10-12)13-4-2-3-5-15(13)19-16;1-13-6-7-14(9-13)11-4-2-10(8-12)3-5-11;;;;;/h2-10,12-16H,1H3;2-9,11-13H,1H3;2*2-5,7-11H,1H3;2-4,6-7,9H,1H3;;;;;/q5*-2;;;;;. The summed E-state index contributed by atoms with van der Waals surface area (Å²) in [6, 6.07) is 92.8. The van der Waals surface area contributed by atoms with E-state index in [0.29, 0.717) is 5.56 Å². The zero-order chi connectivity index (χ0) is 67.8. The van der Waals surface area contributed by atoms with Crippen molar-refractivity contribution in [1.29, 1.82) is 5.26 Å². The van der Waals surface area contributed by atoms with Gasteiger partial charge in [-0.3, -0.25) is 0 Å². The van der Waals surface area contributed by atoms with Crippen molar-refractivity contribution in [2.24, 2.45) is 0 Å². The zero-order valence-electron chi connectivity index (χ0n) is 57.0. The van der Waals surface area contributed by atoms with Crippen LogP contribution >= 0.6 is 11.3 Å². The fourth-order valence-electron chi connectivity index (χ4n) is 12.8. The Kier molecular flexibility index (Phi) is 24.8. The van der Waals surface area contributed by atoms with Crippen LogP contribution in [0.5, 0.6) is 0 Å². The van der Waals surface area contributed by atoms with E-state index in [0.717, 1.165) is 72.3 Å². The number of nitriles is 1. The number of para-hydroxylation sites is 6. The number of benzene rings is 11. The first-order valence-corrected chi connectivity index (χ1v) is 33.4. The van der Waals surface area contributed by atoms with Crippen LogP contribution in [0.1, 0.15) is 5.56 Å². The molecular formula is C85H64Ir5N12O2S-10. The molecule has 0 fully saturated rings. The van der Waals surface area contributed by atoms with E-state index in [1.54, 1.807) is 12.1 Å². The van der Waals surface area contributed by atoms with Gasteiger partial charge in [-0.2, -0.15) is 87.9 Å². The van der Waals surface area contributed by atoms with E-state index in [4.69, 9.17) is 14.1 Å². The molecule has 105 heavy (non-hydrogen) atoms. The summed E-state index contributed by atoms with van der Waals surface area (Å²) in [7, 11) is 10.1. The SMILES string of the molecule is CN1C=CN(c2[c-]cc(C#N)cc2)[CH-]1.CN1C=CN(c2[c-]cc3c(c2)c2ccccc2n3-c2ccccc2)[CH-]1.CN1C=CN(c2[c-]cc3oc4ccccc4c3c2)[CH-]1.CN1C=CN(c2[c-]cc3sc4ccccc4c3c2)[CH-]1.CN1[CH-]N(c2[c-]cc3oc4ccccc4c3c2)c2ccccc21.[Ir].[Ir].[Ir].[Ir].[Ir]. The molecule has 11 aromatic carbocycles. The number of fused-ring (bicyclic) bond motifs is 13. The van der Waals surface area contributed by atoms with Gasteiger partial charge in [0.1, 0.15) is 11.2 Å². The maximum absolute atomic E-state index is 8.62. The average molecular weight is 2280 g/mol. The third-order valence-electron chi connectivity index (χ3n) is 17.7. The molecule has 5 aliphatic heterocycles. The molecule has 0 unspecified atom stereocenters. The van der Waals surface area contributed by atoms with Crippen molar-refractivity contribution in [1.82, 2.24) is 24.2 Å². The summed E-state index contributed by atoms with van der Waals surface area (Å²) in [6.45, 7) is 10.1. The molecule has 0 aliphatic carbocycles. The Morgan fingerprint density at radius 3 is 1.34 bits per heavy atom. The van der Waals surface area contributed by atoms with Crippen LogP contribution in [0.3, 0.4) is 0 Å². The monoisotopic (exact) mass is 2280 g/mol. The predicted molar refractivity (Wildman–Crippen MR) is 409 cm³/mol. The molecule has 0 saturated carbocycles. The molecule has 14 nitrogen and oxygen atoms in total. The van der Waals surface area contributed by atoms with Crippen molar-refractivity contribution in [3.63, 3.8) is 0 Å². The number of anilines is 7. The Bertz CT molecular complexity index is 5580. The average Bonchev–Trinajstić information content (AvgIpc) is 1.60. The second-order valence-electron chi connectivity index (χ2n) is 24.5. The summed E-state index contributed by atoms with van der Waals surface area (Å²) in [4.78, 5) is 20.5. The van der Waals surface area contributed by atoms with Gasteiger partial charge < -0.3 is 62.4 Å². The van der Waals surface area contributed by atoms with Crippen molar-refractivity contribution >= 4 is 137 Å². The quantitative estimate of drug-likeness (QED) is 0.148. The first-order chi connectivity index (χ1) is 49.0. The maximum atomic E-state index is 8.62. The third kappa shape index (κ3) is 16.0. The van der Waals surface area contributed by atoms with Gasteiger partial charge >= 0.3 is 0 Å². The van der Waals surface area contributed by atoms with Gasteiger partial charge in [0.05, 0.1) is 0 Å². The Morgan fingerprint density at radius 1 is 0.343 bits per heavy atom. The molecule has 0 N–H and O–H groups in total. The minimum atomic E-state index is 0. The zero-order valence-corrected chi connectivity index (χ0v) is 69.8. The van der Waals surface area contributed by atoms with Crippen molar-refractivity contribution < 1.29 is 109 Å². The summed E-state index contributed by atoms with van der Waals surface area (Å²) in [5.74, 6) is 0. The molecule has 0 atom stereocenters. The molecule has 4 aromatic heterocycles. The van der Waals surface area contributed by atoms with Crippen LogP contribution < -0.4 is 29.4 Å². The van der Waals surface area contributed by atoms with Crippen LogP contribution in [-0.2, 0) is 101 Å².